The number of nitrogens with zero attached hydrogens (tertiary/aromatic N) is 1. The van der Waals surface area contributed by atoms with Crippen molar-refractivity contribution in [3.8, 4) is 0 Å². The Morgan fingerprint density at radius 1 is 1.40 bits per heavy atom. The van der Waals surface area contributed by atoms with Gasteiger partial charge in [-0.15, -0.1) is 0 Å². The summed E-state index contributed by atoms with van der Waals surface area (Å²) in [5.41, 5.74) is -0.720. The maximum absolute atomic E-state index is 12.5. The molecule has 3 nitrogen and oxygen atoms in total. The van der Waals surface area contributed by atoms with E-state index in [2.05, 4.69) is 5.32 Å². The number of rotatable bonds is 4. The molecule has 20 heavy (non-hydrogen) atoms. The van der Waals surface area contributed by atoms with Gasteiger partial charge in [0, 0.05) is 18.3 Å². The summed E-state index contributed by atoms with van der Waals surface area (Å²) >= 11 is 5.55. The predicted molar refractivity (Wildman–Crippen MR) is 72.8 cm³/mol. The Labute approximate surface area is 120 Å². The lowest BCUT2D eigenvalue weighted by Gasteiger charge is -2.10. The van der Waals surface area contributed by atoms with E-state index >= 15 is 0 Å². The van der Waals surface area contributed by atoms with E-state index in [0.717, 1.165) is 18.2 Å². The first kappa shape index (κ1) is 16.5. The highest BCUT2D eigenvalue weighted by molar-refractivity contribution is 6.31. The number of carbonyl (C=O) groups excluding carboxylic acids is 1. The van der Waals surface area contributed by atoms with Gasteiger partial charge in [0.05, 0.1) is 10.6 Å². The smallest absolute Gasteiger partial charge is 0.322 e. The zero-order valence-corrected chi connectivity index (χ0v) is 11.7. The fraction of sp³-hybridized carbons (Fsp3) is 0.308. The van der Waals surface area contributed by atoms with Crippen molar-refractivity contribution >= 4 is 23.2 Å². The minimum atomic E-state index is -4.51. The topological polar surface area (TPSA) is 32.3 Å². The maximum atomic E-state index is 12.5. The van der Waals surface area contributed by atoms with Crippen molar-refractivity contribution in [1.82, 2.24) is 4.90 Å². The van der Waals surface area contributed by atoms with Crippen molar-refractivity contribution in [2.45, 2.75) is 6.18 Å². The first-order valence-corrected chi connectivity index (χ1v) is 6.07. The van der Waals surface area contributed by atoms with Gasteiger partial charge in [-0.05, 0) is 32.3 Å². The predicted octanol–water partition coefficient (Wildman–Crippen LogP) is 3.42. The molecule has 0 aliphatic carbocycles. The van der Waals surface area contributed by atoms with E-state index < -0.39 is 22.7 Å². The lowest BCUT2D eigenvalue weighted by atomic mass is 10.2. The Hall–Kier alpha value is -1.53. The quantitative estimate of drug-likeness (QED) is 0.865. The van der Waals surface area contributed by atoms with Gasteiger partial charge in [-0.3, -0.25) is 4.79 Å². The summed E-state index contributed by atoms with van der Waals surface area (Å²) in [5, 5.41) is 1.99. The van der Waals surface area contributed by atoms with Crippen LogP contribution < -0.4 is 5.32 Å². The van der Waals surface area contributed by atoms with Crippen LogP contribution in [0.3, 0.4) is 0 Å². The molecule has 0 aromatic heterocycles. The van der Waals surface area contributed by atoms with Crippen LogP contribution in [0.15, 0.2) is 30.4 Å². The molecule has 0 saturated carbocycles. The molecule has 0 bridgehead atoms. The highest BCUT2D eigenvalue weighted by Gasteiger charge is 2.33. The van der Waals surface area contributed by atoms with Crippen LogP contribution in [0.2, 0.25) is 5.02 Å². The van der Waals surface area contributed by atoms with Crippen molar-refractivity contribution in [3.63, 3.8) is 0 Å². The number of alkyl halides is 3. The molecule has 0 unspecified atom stereocenters. The van der Waals surface area contributed by atoms with E-state index in [1.165, 1.54) is 6.08 Å². The van der Waals surface area contributed by atoms with E-state index in [0.29, 0.717) is 6.54 Å². The molecule has 1 aromatic carbocycles. The van der Waals surface area contributed by atoms with Gasteiger partial charge in [-0.25, -0.2) is 0 Å². The molecule has 0 spiro atoms. The number of benzene rings is 1. The molecule has 0 saturated heterocycles. The summed E-state index contributed by atoms with van der Waals surface area (Å²) in [6.45, 7) is 0.585. The molecular formula is C13H14ClF3N2O. The number of amides is 1. The highest BCUT2D eigenvalue weighted by Crippen LogP contribution is 2.35. The molecule has 0 atom stereocenters. The fourth-order valence-corrected chi connectivity index (χ4v) is 1.66. The van der Waals surface area contributed by atoms with Crippen molar-refractivity contribution in [1.29, 1.82) is 0 Å². The van der Waals surface area contributed by atoms with E-state index in [4.69, 9.17) is 11.6 Å². The molecule has 1 N–H and O–H groups in total. The zero-order valence-electron chi connectivity index (χ0n) is 11.0. The lowest BCUT2D eigenvalue weighted by Crippen LogP contribution is -2.13. The normalized spacial score (nSPS) is 12.2. The number of hydrogen-bond donors (Lipinski definition) is 1. The van der Waals surface area contributed by atoms with Crippen LogP contribution in [0.5, 0.6) is 0 Å². The molecule has 110 valence electrons. The number of anilines is 1. The van der Waals surface area contributed by atoms with Crippen molar-refractivity contribution < 1.29 is 18.0 Å². The first-order chi connectivity index (χ1) is 9.20. The molecule has 1 rings (SSSR count). The Morgan fingerprint density at radius 2 is 2.05 bits per heavy atom. The molecule has 0 aliphatic rings. The second-order valence-corrected chi connectivity index (χ2v) is 4.75. The van der Waals surface area contributed by atoms with Gasteiger partial charge < -0.3 is 10.2 Å². The van der Waals surface area contributed by atoms with Gasteiger partial charge in [0.1, 0.15) is 0 Å². The summed E-state index contributed by atoms with van der Waals surface area (Å²) in [7, 11) is 3.69. The van der Waals surface area contributed by atoms with Crippen molar-refractivity contribution in [2.24, 2.45) is 0 Å². The molecular weight excluding hydrogens is 293 g/mol. The van der Waals surface area contributed by atoms with Crippen LogP contribution in [0.25, 0.3) is 0 Å². The molecule has 1 aromatic rings. The third kappa shape index (κ3) is 5.22. The SMILES string of the molecule is CN(C)C/C=C/C(=O)Nc1ccc(C(F)(F)F)c(Cl)c1. The van der Waals surface area contributed by atoms with Gasteiger partial charge in [0.2, 0.25) is 5.91 Å². The summed E-state index contributed by atoms with van der Waals surface area (Å²) in [6, 6.07) is 3.07. The first-order valence-electron chi connectivity index (χ1n) is 5.69. The molecule has 1 amide bonds. The van der Waals surface area contributed by atoms with Crippen molar-refractivity contribution in [2.75, 3.05) is 26.0 Å². The van der Waals surface area contributed by atoms with Crippen LogP contribution in [-0.2, 0) is 11.0 Å². The van der Waals surface area contributed by atoms with E-state index in [1.807, 2.05) is 19.0 Å². The third-order valence-corrected chi connectivity index (χ3v) is 2.59. The Bertz CT molecular complexity index is 513. The standard InChI is InChI=1S/C13H14ClF3N2O/c1-19(2)7-3-4-12(20)18-9-5-6-10(11(14)8-9)13(15,16)17/h3-6,8H,7H2,1-2H3,(H,18,20)/b4-3+. The summed E-state index contributed by atoms with van der Waals surface area (Å²) in [6.07, 6.45) is -1.56. The van der Waals surface area contributed by atoms with Crippen LogP contribution in [-0.4, -0.2) is 31.4 Å². The van der Waals surface area contributed by atoms with Gasteiger partial charge in [-0.2, -0.15) is 13.2 Å². The number of halogens is 4. The summed E-state index contributed by atoms with van der Waals surface area (Å²) < 4.78 is 37.5. The third-order valence-electron chi connectivity index (χ3n) is 2.28. The molecule has 7 heteroatoms. The second kappa shape index (κ2) is 6.76. The highest BCUT2D eigenvalue weighted by atomic mass is 35.5. The van der Waals surface area contributed by atoms with E-state index in [1.54, 1.807) is 6.08 Å². The molecule has 0 fully saturated rings. The van der Waals surface area contributed by atoms with Crippen LogP contribution >= 0.6 is 11.6 Å². The minimum absolute atomic E-state index is 0.211. The largest absolute Gasteiger partial charge is 0.417 e. The molecule has 0 radical (unpaired) electrons. The Morgan fingerprint density at radius 3 is 2.55 bits per heavy atom. The zero-order chi connectivity index (χ0) is 15.3. The van der Waals surface area contributed by atoms with E-state index in [-0.39, 0.29) is 5.69 Å². The lowest BCUT2D eigenvalue weighted by molar-refractivity contribution is -0.137. The molecule has 0 aliphatic heterocycles. The van der Waals surface area contributed by atoms with Crippen LogP contribution in [0.1, 0.15) is 5.56 Å². The maximum Gasteiger partial charge on any atom is 0.417 e. The minimum Gasteiger partial charge on any atom is -0.322 e. The summed E-state index contributed by atoms with van der Waals surface area (Å²) in [4.78, 5) is 13.4. The van der Waals surface area contributed by atoms with Crippen LogP contribution in [0, 0.1) is 0 Å². The number of hydrogen-bond acceptors (Lipinski definition) is 2. The monoisotopic (exact) mass is 306 g/mol. The van der Waals surface area contributed by atoms with Gasteiger partial charge in [0.15, 0.2) is 0 Å². The van der Waals surface area contributed by atoms with Gasteiger partial charge in [0.25, 0.3) is 0 Å². The van der Waals surface area contributed by atoms with Gasteiger partial charge in [-0.1, -0.05) is 17.7 Å². The summed E-state index contributed by atoms with van der Waals surface area (Å²) in [5.74, 6) is -0.428. The average molecular weight is 307 g/mol. The van der Waals surface area contributed by atoms with Gasteiger partial charge >= 0.3 is 6.18 Å². The number of nitrogens with one attached hydrogen (secondary N) is 1. The number of carbonyl (C=O) groups is 1. The fourth-order valence-electron chi connectivity index (χ4n) is 1.38. The second-order valence-electron chi connectivity index (χ2n) is 4.35. The molecule has 0 heterocycles. The average Bonchev–Trinajstić information content (AvgIpc) is 2.26. The number of likely N-dealkylation sites (N-methyl/N-ethyl adjacent to an activating group) is 1. The van der Waals surface area contributed by atoms with Crippen LogP contribution in [0.4, 0.5) is 18.9 Å². The Kier molecular flexibility index (Phi) is 5.59. The Balaban J connectivity index is 2.73. The van der Waals surface area contributed by atoms with E-state index in [9.17, 15) is 18.0 Å². The van der Waals surface area contributed by atoms with Crippen molar-refractivity contribution in [3.05, 3.63) is 40.9 Å².